The monoisotopic (exact) mass is 464 g/mol. The van der Waals surface area contributed by atoms with E-state index in [1.165, 1.54) is 0 Å². The lowest BCUT2D eigenvalue weighted by Gasteiger charge is -2.27. The summed E-state index contributed by atoms with van der Waals surface area (Å²) < 4.78 is 1.81. The highest BCUT2D eigenvalue weighted by Crippen LogP contribution is 2.39. The third-order valence-electron chi connectivity index (χ3n) is 5.86. The van der Waals surface area contributed by atoms with Crippen LogP contribution in [0, 0.1) is 0 Å². The van der Waals surface area contributed by atoms with Crippen molar-refractivity contribution in [2.24, 2.45) is 0 Å². The Hall–Kier alpha value is -4.30. The Labute approximate surface area is 199 Å². The average Bonchev–Trinajstić information content (AvgIpc) is 3.53. The molecular formula is C26H20N6OS. The van der Waals surface area contributed by atoms with Crippen LogP contribution in [-0.4, -0.2) is 25.7 Å². The first-order chi connectivity index (χ1) is 16.7. The molecule has 0 spiro atoms. The van der Waals surface area contributed by atoms with Crippen molar-refractivity contribution in [1.29, 1.82) is 0 Å². The molecule has 4 heterocycles. The van der Waals surface area contributed by atoms with Crippen LogP contribution >= 0.6 is 11.3 Å². The minimum absolute atomic E-state index is 0.204. The van der Waals surface area contributed by atoms with Gasteiger partial charge in [0.15, 0.2) is 5.82 Å². The fourth-order valence-electron chi connectivity index (χ4n) is 4.32. The Morgan fingerprint density at radius 1 is 1.06 bits per heavy atom. The van der Waals surface area contributed by atoms with Crippen molar-refractivity contribution in [3.8, 4) is 11.4 Å². The van der Waals surface area contributed by atoms with Crippen LogP contribution in [-0.2, 0) is 4.79 Å². The van der Waals surface area contributed by atoms with E-state index in [4.69, 9.17) is 10.1 Å². The van der Waals surface area contributed by atoms with E-state index in [1.807, 2.05) is 59.5 Å². The Bertz CT molecular complexity index is 1530. The summed E-state index contributed by atoms with van der Waals surface area (Å²) in [6.45, 7) is 1.90. The quantitative estimate of drug-likeness (QED) is 0.368. The number of anilines is 2. The number of aromatic nitrogens is 4. The topological polar surface area (TPSA) is 84.7 Å². The molecule has 0 aliphatic carbocycles. The number of nitrogens with zero attached hydrogens (tertiary/aromatic N) is 4. The normalized spacial score (nSPS) is 15.1. The first-order valence-corrected chi connectivity index (χ1v) is 11.7. The number of carbonyl (C=O) groups excluding carboxylic acids is 1. The van der Waals surface area contributed by atoms with Gasteiger partial charge in [-0.05, 0) is 41.3 Å². The maximum absolute atomic E-state index is 13.5. The molecule has 1 atom stereocenters. The van der Waals surface area contributed by atoms with E-state index in [0.717, 1.165) is 26.9 Å². The van der Waals surface area contributed by atoms with Crippen molar-refractivity contribution >= 4 is 39.7 Å². The molecule has 0 radical (unpaired) electrons. The van der Waals surface area contributed by atoms with E-state index < -0.39 is 6.04 Å². The summed E-state index contributed by atoms with van der Waals surface area (Å²) in [7, 11) is 0. The zero-order valence-corrected chi connectivity index (χ0v) is 19.1. The number of carbonyl (C=O) groups is 1. The fourth-order valence-corrected chi connectivity index (χ4v) is 5.14. The molecule has 0 bridgehead atoms. The van der Waals surface area contributed by atoms with Crippen LogP contribution in [0.1, 0.15) is 17.8 Å². The number of pyridine rings is 1. The Morgan fingerprint density at radius 3 is 2.76 bits per heavy atom. The Balaban J connectivity index is 1.46. The van der Waals surface area contributed by atoms with Crippen molar-refractivity contribution in [3.05, 3.63) is 101 Å². The van der Waals surface area contributed by atoms with Gasteiger partial charge in [-0.15, -0.1) is 16.4 Å². The molecule has 166 valence electrons. The second-order valence-electron chi connectivity index (χ2n) is 8.01. The van der Waals surface area contributed by atoms with Crippen LogP contribution in [0.25, 0.3) is 22.2 Å². The SMILES string of the molecule is CC1=C(C(=O)Nc2cccnc2)C(c2cccs2)n2nc(-c3cccc4ccccc34)nc2N1. The number of rotatable bonds is 4. The van der Waals surface area contributed by atoms with Crippen LogP contribution in [0.2, 0.25) is 0 Å². The van der Waals surface area contributed by atoms with Gasteiger partial charge in [-0.2, -0.15) is 4.98 Å². The lowest BCUT2D eigenvalue weighted by atomic mass is 10.0. The van der Waals surface area contributed by atoms with Gasteiger partial charge in [0.05, 0.1) is 17.5 Å². The van der Waals surface area contributed by atoms with E-state index in [9.17, 15) is 4.79 Å². The molecule has 0 saturated carbocycles. The van der Waals surface area contributed by atoms with Crippen molar-refractivity contribution in [2.75, 3.05) is 10.6 Å². The summed E-state index contributed by atoms with van der Waals surface area (Å²) in [4.78, 5) is 23.4. The predicted molar refractivity (Wildman–Crippen MR) is 135 cm³/mol. The highest BCUT2D eigenvalue weighted by molar-refractivity contribution is 7.10. The van der Waals surface area contributed by atoms with E-state index in [1.54, 1.807) is 29.8 Å². The number of fused-ring (bicyclic) bond motifs is 2. The fraction of sp³-hybridized carbons (Fsp3) is 0.0769. The summed E-state index contributed by atoms with van der Waals surface area (Å²) >= 11 is 1.59. The van der Waals surface area contributed by atoms with Crippen molar-refractivity contribution in [3.63, 3.8) is 0 Å². The lowest BCUT2D eigenvalue weighted by Crippen LogP contribution is -2.31. The van der Waals surface area contributed by atoms with Crippen molar-refractivity contribution in [1.82, 2.24) is 19.7 Å². The largest absolute Gasteiger partial charge is 0.328 e. The van der Waals surface area contributed by atoms with Gasteiger partial charge in [-0.1, -0.05) is 48.5 Å². The summed E-state index contributed by atoms with van der Waals surface area (Å²) in [5, 5.41) is 15.4. The van der Waals surface area contributed by atoms with Crippen LogP contribution in [0.5, 0.6) is 0 Å². The predicted octanol–water partition coefficient (Wildman–Crippen LogP) is 5.48. The van der Waals surface area contributed by atoms with Gasteiger partial charge in [-0.25, -0.2) is 4.68 Å². The molecule has 5 aromatic rings. The van der Waals surface area contributed by atoms with Crippen LogP contribution < -0.4 is 10.6 Å². The molecule has 3 aromatic heterocycles. The van der Waals surface area contributed by atoms with E-state index in [2.05, 4.69) is 33.8 Å². The van der Waals surface area contributed by atoms with Crippen LogP contribution in [0.4, 0.5) is 11.6 Å². The number of benzene rings is 2. The van der Waals surface area contributed by atoms with Gasteiger partial charge >= 0.3 is 0 Å². The van der Waals surface area contributed by atoms with Gasteiger partial charge in [0, 0.05) is 22.3 Å². The highest BCUT2D eigenvalue weighted by atomic mass is 32.1. The first kappa shape index (κ1) is 20.3. The number of nitrogens with one attached hydrogen (secondary N) is 2. The van der Waals surface area contributed by atoms with Gasteiger partial charge < -0.3 is 10.6 Å². The zero-order chi connectivity index (χ0) is 23.1. The standard InChI is InChI=1S/C26H20N6OS/c1-16-22(25(33)29-18-9-5-13-27-15-18)23(21-12-6-14-34-21)32-26(28-16)30-24(31-32)20-11-4-8-17-7-2-3-10-19(17)20/h2-15,23H,1H3,(H,29,33)(H,28,30,31). The molecule has 1 aliphatic rings. The minimum atomic E-state index is -0.399. The molecule has 2 aromatic carbocycles. The van der Waals surface area contributed by atoms with E-state index in [0.29, 0.717) is 23.0 Å². The second-order valence-corrected chi connectivity index (χ2v) is 8.99. The zero-order valence-electron chi connectivity index (χ0n) is 18.3. The van der Waals surface area contributed by atoms with Crippen molar-refractivity contribution < 1.29 is 4.79 Å². The minimum Gasteiger partial charge on any atom is -0.328 e. The van der Waals surface area contributed by atoms with Crippen molar-refractivity contribution in [2.45, 2.75) is 13.0 Å². The molecule has 1 amide bonds. The highest BCUT2D eigenvalue weighted by Gasteiger charge is 2.35. The Kier molecular flexibility index (Phi) is 4.92. The van der Waals surface area contributed by atoms with Crippen LogP contribution in [0.15, 0.2) is 95.8 Å². The molecule has 8 heteroatoms. The first-order valence-electron chi connectivity index (χ1n) is 10.9. The number of hydrogen-bond acceptors (Lipinski definition) is 6. The number of thiophene rings is 1. The molecule has 0 fully saturated rings. The Morgan fingerprint density at radius 2 is 1.94 bits per heavy atom. The molecule has 34 heavy (non-hydrogen) atoms. The number of amides is 1. The van der Waals surface area contributed by atoms with Gasteiger partial charge in [-0.3, -0.25) is 9.78 Å². The molecule has 1 unspecified atom stereocenters. The summed E-state index contributed by atoms with van der Waals surface area (Å²) in [6, 6.07) is 21.5. The number of allylic oxidation sites excluding steroid dienone is 1. The van der Waals surface area contributed by atoms with Gasteiger partial charge in [0.25, 0.3) is 5.91 Å². The third-order valence-corrected chi connectivity index (χ3v) is 6.78. The molecular weight excluding hydrogens is 444 g/mol. The van der Waals surface area contributed by atoms with E-state index >= 15 is 0 Å². The summed E-state index contributed by atoms with van der Waals surface area (Å²) in [6.07, 6.45) is 3.30. The van der Waals surface area contributed by atoms with Gasteiger partial charge in [0.2, 0.25) is 5.95 Å². The smallest absolute Gasteiger partial charge is 0.255 e. The second kappa shape index (κ2) is 8.24. The van der Waals surface area contributed by atoms with Crippen LogP contribution in [0.3, 0.4) is 0 Å². The summed E-state index contributed by atoms with van der Waals surface area (Å²) in [5.41, 5.74) is 2.92. The van der Waals surface area contributed by atoms with E-state index in [-0.39, 0.29) is 5.91 Å². The molecule has 7 nitrogen and oxygen atoms in total. The lowest BCUT2D eigenvalue weighted by molar-refractivity contribution is -0.113. The maximum atomic E-state index is 13.5. The molecule has 1 aliphatic heterocycles. The summed E-state index contributed by atoms with van der Waals surface area (Å²) in [5.74, 6) is 1.02. The molecule has 0 saturated heterocycles. The third kappa shape index (κ3) is 3.45. The molecule has 2 N–H and O–H groups in total. The number of hydrogen-bond donors (Lipinski definition) is 2. The molecule has 6 rings (SSSR count). The average molecular weight is 465 g/mol. The van der Waals surface area contributed by atoms with Gasteiger partial charge in [0.1, 0.15) is 6.04 Å². The maximum Gasteiger partial charge on any atom is 0.255 e.